The van der Waals surface area contributed by atoms with Crippen LogP contribution in [0.4, 0.5) is 0 Å². The van der Waals surface area contributed by atoms with Crippen LogP contribution in [-0.2, 0) is 5.41 Å². The van der Waals surface area contributed by atoms with Crippen LogP contribution in [0.2, 0.25) is 0 Å². The highest BCUT2D eigenvalue weighted by molar-refractivity contribution is 5.85. The zero-order valence-corrected chi connectivity index (χ0v) is 13.6. The van der Waals surface area contributed by atoms with E-state index >= 15 is 0 Å². The van der Waals surface area contributed by atoms with Gasteiger partial charge in [-0.25, -0.2) is 9.97 Å². The van der Waals surface area contributed by atoms with Gasteiger partial charge in [0.2, 0.25) is 0 Å². The molecule has 4 aromatic rings. The van der Waals surface area contributed by atoms with Crippen molar-refractivity contribution in [2.75, 3.05) is 0 Å². The zero-order chi connectivity index (χ0) is 16.7. The van der Waals surface area contributed by atoms with Crippen molar-refractivity contribution in [1.29, 1.82) is 0 Å². The summed E-state index contributed by atoms with van der Waals surface area (Å²) in [5.41, 5.74) is 6.94. The molecule has 1 aromatic heterocycles. The van der Waals surface area contributed by atoms with Crippen molar-refractivity contribution in [1.82, 2.24) is 9.97 Å². The fourth-order valence-electron chi connectivity index (χ4n) is 4.17. The first kappa shape index (κ1) is 14.1. The van der Waals surface area contributed by atoms with Gasteiger partial charge >= 0.3 is 0 Å². The first-order chi connectivity index (χ1) is 12.4. The van der Waals surface area contributed by atoms with Gasteiger partial charge in [0.25, 0.3) is 0 Å². The second kappa shape index (κ2) is 5.38. The Hall–Kier alpha value is -3.26. The molecule has 0 fully saturated rings. The molecule has 0 bridgehead atoms. The Morgan fingerprint density at radius 2 is 1.20 bits per heavy atom. The molecule has 2 heteroatoms. The van der Waals surface area contributed by atoms with Crippen molar-refractivity contribution in [3.63, 3.8) is 0 Å². The largest absolute Gasteiger partial charge is 0.245 e. The predicted molar refractivity (Wildman–Crippen MR) is 99.3 cm³/mol. The van der Waals surface area contributed by atoms with Crippen molar-refractivity contribution in [3.8, 4) is 11.1 Å². The highest BCUT2D eigenvalue weighted by atomic mass is 14.8. The number of nitrogens with zero attached hydrogens (tertiary/aromatic N) is 2. The van der Waals surface area contributed by atoms with Gasteiger partial charge in [0.15, 0.2) is 0 Å². The van der Waals surface area contributed by atoms with Gasteiger partial charge in [-0.1, -0.05) is 78.9 Å². The smallest absolute Gasteiger partial charge is 0.115 e. The van der Waals surface area contributed by atoms with E-state index < -0.39 is 5.41 Å². The quantitative estimate of drug-likeness (QED) is 0.465. The molecule has 0 saturated heterocycles. The lowest BCUT2D eigenvalue weighted by molar-refractivity contribution is 0.729. The number of hydrogen-bond donors (Lipinski definition) is 0. The minimum absolute atomic E-state index is 0.405. The summed E-state index contributed by atoms with van der Waals surface area (Å²) in [6.07, 6.45) is 3.47. The Bertz CT molecular complexity index is 953. The van der Waals surface area contributed by atoms with Crippen LogP contribution in [0.15, 0.2) is 97.5 Å². The van der Waals surface area contributed by atoms with E-state index in [9.17, 15) is 0 Å². The molecule has 0 unspecified atom stereocenters. The average molecular weight is 320 g/mol. The molecule has 0 aliphatic heterocycles. The lowest BCUT2D eigenvalue weighted by Gasteiger charge is -2.32. The minimum Gasteiger partial charge on any atom is -0.245 e. The van der Waals surface area contributed by atoms with Gasteiger partial charge in [-0.2, -0.15) is 0 Å². The summed E-state index contributed by atoms with van der Waals surface area (Å²) in [5, 5.41) is 0. The van der Waals surface area contributed by atoms with Crippen LogP contribution in [0.1, 0.15) is 22.4 Å². The summed E-state index contributed by atoms with van der Waals surface area (Å²) >= 11 is 0. The molecule has 0 radical (unpaired) electrons. The standard InChI is InChI=1S/C23H16N2/c1-2-8-17(9-3-1)23(22-14-15-24-16-25-22)20-12-6-4-10-18(20)19-11-5-7-13-21(19)23/h1-16H. The van der Waals surface area contributed by atoms with Crippen LogP contribution in [-0.4, -0.2) is 9.97 Å². The molecular formula is C23H16N2. The molecule has 25 heavy (non-hydrogen) atoms. The minimum atomic E-state index is -0.405. The Kier molecular flexibility index (Phi) is 3.04. The number of fused-ring (bicyclic) bond motifs is 3. The number of rotatable bonds is 2. The third kappa shape index (κ3) is 1.85. The van der Waals surface area contributed by atoms with Crippen molar-refractivity contribution in [2.45, 2.75) is 5.41 Å². The van der Waals surface area contributed by atoms with Crippen LogP contribution in [0, 0.1) is 0 Å². The molecule has 3 aromatic carbocycles. The third-order valence-electron chi connectivity index (χ3n) is 5.13. The topological polar surface area (TPSA) is 25.8 Å². The lowest BCUT2D eigenvalue weighted by atomic mass is 9.70. The molecule has 0 spiro atoms. The van der Waals surface area contributed by atoms with Gasteiger partial charge in [0.1, 0.15) is 6.33 Å². The van der Waals surface area contributed by atoms with Crippen LogP contribution in [0.5, 0.6) is 0 Å². The van der Waals surface area contributed by atoms with Gasteiger partial charge in [0, 0.05) is 6.20 Å². The number of hydrogen-bond acceptors (Lipinski definition) is 2. The zero-order valence-electron chi connectivity index (χ0n) is 13.6. The fourth-order valence-corrected chi connectivity index (χ4v) is 4.17. The molecule has 2 nitrogen and oxygen atoms in total. The van der Waals surface area contributed by atoms with E-state index in [0.717, 1.165) is 5.69 Å². The van der Waals surface area contributed by atoms with Gasteiger partial charge in [0.05, 0.1) is 11.1 Å². The number of benzene rings is 3. The second-order valence-electron chi connectivity index (χ2n) is 6.30. The second-order valence-corrected chi connectivity index (χ2v) is 6.30. The Labute approximate surface area is 146 Å². The van der Waals surface area contributed by atoms with Crippen molar-refractivity contribution >= 4 is 0 Å². The summed E-state index contributed by atoms with van der Waals surface area (Å²) in [6.45, 7) is 0. The van der Waals surface area contributed by atoms with Crippen LogP contribution < -0.4 is 0 Å². The van der Waals surface area contributed by atoms with Gasteiger partial charge in [-0.05, 0) is 33.9 Å². The summed E-state index contributed by atoms with van der Waals surface area (Å²) < 4.78 is 0. The van der Waals surface area contributed by atoms with Gasteiger partial charge < -0.3 is 0 Å². The van der Waals surface area contributed by atoms with Crippen LogP contribution in [0.3, 0.4) is 0 Å². The van der Waals surface area contributed by atoms with E-state index in [4.69, 9.17) is 4.98 Å². The molecule has 0 atom stereocenters. The highest BCUT2D eigenvalue weighted by Gasteiger charge is 2.46. The maximum absolute atomic E-state index is 4.70. The normalized spacial score (nSPS) is 13.9. The monoisotopic (exact) mass is 320 g/mol. The highest BCUT2D eigenvalue weighted by Crippen LogP contribution is 2.55. The van der Waals surface area contributed by atoms with E-state index in [1.54, 1.807) is 6.33 Å². The lowest BCUT2D eigenvalue weighted by Crippen LogP contribution is -2.29. The molecule has 0 N–H and O–H groups in total. The molecule has 1 aliphatic carbocycles. The average Bonchev–Trinajstić information content (AvgIpc) is 3.01. The van der Waals surface area contributed by atoms with Crippen molar-refractivity contribution < 1.29 is 0 Å². The SMILES string of the molecule is c1ccc(C2(c3ccncn3)c3ccccc3-c3ccccc32)cc1. The first-order valence-electron chi connectivity index (χ1n) is 8.44. The van der Waals surface area contributed by atoms with E-state index in [1.807, 2.05) is 12.3 Å². The van der Waals surface area contributed by atoms with E-state index in [-0.39, 0.29) is 0 Å². The molecule has 1 aliphatic rings. The molecule has 0 saturated carbocycles. The summed E-state index contributed by atoms with van der Waals surface area (Å²) in [6, 6.07) is 30.0. The molecule has 118 valence electrons. The first-order valence-corrected chi connectivity index (χ1v) is 8.44. The molecule has 0 amide bonds. The Morgan fingerprint density at radius 3 is 1.80 bits per heavy atom. The van der Waals surface area contributed by atoms with Crippen LogP contribution >= 0.6 is 0 Å². The Balaban J connectivity index is 1.98. The number of aromatic nitrogens is 2. The van der Waals surface area contributed by atoms with Crippen molar-refractivity contribution in [2.24, 2.45) is 0 Å². The van der Waals surface area contributed by atoms with E-state index in [2.05, 4.69) is 83.8 Å². The van der Waals surface area contributed by atoms with E-state index in [1.165, 1.54) is 27.8 Å². The van der Waals surface area contributed by atoms with Gasteiger partial charge in [-0.15, -0.1) is 0 Å². The fraction of sp³-hybridized carbons (Fsp3) is 0.0435. The predicted octanol–water partition coefficient (Wildman–Crippen LogP) is 4.84. The maximum Gasteiger partial charge on any atom is 0.115 e. The van der Waals surface area contributed by atoms with E-state index in [0.29, 0.717) is 0 Å². The van der Waals surface area contributed by atoms with Crippen molar-refractivity contribution in [3.05, 3.63) is 120 Å². The third-order valence-corrected chi connectivity index (χ3v) is 5.13. The summed E-state index contributed by atoms with van der Waals surface area (Å²) in [4.78, 5) is 8.84. The van der Waals surface area contributed by atoms with Gasteiger partial charge in [-0.3, -0.25) is 0 Å². The molecular weight excluding hydrogens is 304 g/mol. The molecule has 5 rings (SSSR count). The summed E-state index contributed by atoms with van der Waals surface area (Å²) in [7, 11) is 0. The maximum atomic E-state index is 4.70. The summed E-state index contributed by atoms with van der Waals surface area (Å²) in [5.74, 6) is 0. The Morgan fingerprint density at radius 1 is 0.600 bits per heavy atom. The molecule has 1 heterocycles. The van der Waals surface area contributed by atoms with Crippen LogP contribution in [0.25, 0.3) is 11.1 Å².